The molecule has 1 aliphatic carbocycles. The molecule has 11 heteroatoms. The maximum atomic E-state index is 13.1. The van der Waals surface area contributed by atoms with E-state index in [9.17, 15) is 4.79 Å². The zero-order valence-electron chi connectivity index (χ0n) is 21.9. The van der Waals surface area contributed by atoms with E-state index in [-0.39, 0.29) is 18.1 Å². The van der Waals surface area contributed by atoms with Gasteiger partial charge in [-0.15, -0.1) is 0 Å². The van der Waals surface area contributed by atoms with Gasteiger partial charge < -0.3 is 24.7 Å². The molecule has 0 bridgehead atoms. The van der Waals surface area contributed by atoms with Gasteiger partial charge in [-0.05, 0) is 31.4 Å². The Balaban J connectivity index is 1.26. The lowest BCUT2D eigenvalue weighted by Gasteiger charge is -2.35. The van der Waals surface area contributed by atoms with Gasteiger partial charge in [0.05, 0.1) is 37.3 Å². The molecule has 2 atom stereocenters. The monoisotopic (exact) mass is 518 g/mol. The van der Waals surface area contributed by atoms with Crippen LogP contribution in [0.5, 0.6) is 0 Å². The van der Waals surface area contributed by atoms with E-state index in [4.69, 9.17) is 19.4 Å². The van der Waals surface area contributed by atoms with E-state index in [1.807, 2.05) is 19.3 Å². The first kappa shape index (κ1) is 24.8. The summed E-state index contributed by atoms with van der Waals surface area (Å²) >= 11 is 0. The number of fused-ring (bicyclic) bond motifs is 2. The predicted octanol–water partition coefficient (Wildman–Crippen LogP) is 2.37. The number of hydrogen-bond donors (Lipinski definition) is 2. The number of methoxy groups -OCH3 is 1. The van der Waals surface area contributed by atoms with Crippen LogP contribution in [0.1, 0.15) is 29.6 Å². The summed E-state index contributed by atoms with van der Waals surface area (Å²) in [5, 5.41) is 10.7. The first-order chi connectivity index (χ1) is 18.7. The SMILES string of the molecule is CNc1cc(-c2cnc3n(CCCN4CCOCC4)cccc2-3)nc2c(C(=O)N[C@H]3CC[C@@H]3OC)cnn12. The Bertz CT molecular complexity index is 1390. The molecule has 6 rings (SSSR count). The van der Waals surface area contributed by atoms with Crippen LogP contribution in [0.25, 0.3) is 28.3 Å². The normalized spacial score (nSPS) is 20.1. The number of rotatable bonds is 9. The van der Waals surface area contributed by atoms with Crippen molar-refractivity contribution in [3.63, 3.8) is 0 Å². The van der Waals surface area contributed by atoms with Crippen molar-refractivity contribution in [1.82, 2.24) is 34.4 Å². The molecule has 2 aromatic rings. The number of nitrogens with one attached hydrogen (secondary N) is 2. The van der Waals surface area contributed by atoms with Crippen molar-refractivity contribution in [3.05, 3.63) is 42.4 Å². The molecule has 1 saturated heterocycles. The molecule has 1 saturated carbocycles. The van der Waals surface area contributed by atoms with Gasteiger partial charge in [-0.2, -0.15) is 9.61 Å². The topological polar surface area (TPSA) is 111 Å². The van der Waals surface area contributed by atoms with Crippen LogP contribution in [0.4, 0.5) is 5.82 Å². The minimum absolute atomic E-state index is 0.0105. The van der Waals surface area contributed by atoms with Gasteiger partial charge in [0.1, 0.15) is 17.2 Å². The summed E-state index contributed by atoms with van der Waals surface area (Å²) in [4.78, 5) is 25.3. The van der Waals surface area contributed by atoms with E-state index in [0.717, 1.165) is 87.1 Å². The summed E-state index contributed by atoms with van der Waals surface area (Å²) in [6.45, 7) is 5.56. The maximum Gasteiger partial charge on any atom is 0.257 e. The van der Waals surface area contributed by atoms with Crippen LogP contribution < -0.4 is 10.6 Å². The number of carbonyl (C=O) groups is 1. The number of hydrogen-bond acceptors (Lipinski definition) is 8. The molecule has 0 aromatic carbocycles. The highest BCUT2D eigenvalue weighted by Gasteiger charge is 2.33. The van der Waals surface area contributed by atoms with Gasteiger partial charge in [0.15, 0.2) is 5.65 Å². The number of amides is 1. The summed E-state index contributed by atoms with van der Waals surface area (Å²) < 4.78 is 14.8. The van der Waals surface area contributed by atoms with E-state index in [2.05, 4.69) is 43.5 Å². The molecule has 2 aromatic heterocycles. The van der Waals surface area contributed by atoms with Crippen molar-refractivity contribution >= 4 is 17.4 Å². The van der Waals surface area contributed by atoms with Gasteiger partial charge in [0, 0.05) is 69.9 Å². The highest BCUT2D eigenvalue weighted by atomic mass is 16.5. The van der Waals surface area contributed by atoms with E-state index in [1.54, 1.807) is 17.8 Å². The fourth-order valence-electron chi connectivity index (χ4n) is 5.37. The third-order valence-electron chi connectivity index (χ3n) is 7.70. The van der Waals surface area contributed by atoms with E-state index in [1.165, 1.54) is 0 Å². The lowest BCUT2D eigenvalue weighted by Crippen LogP contribution is -2.51. The zero-order chi connectivity index (χ0) is 26.1. The van der Waals surface area contributed by atoms with Crippen molar-refractivity contribution in [2.45, 2.75) is 38.0 Å². The third kappa shape index (κ3) is 4.61. The minimum Gasteiger partial charge on any atom is -0.379 e. The summed E-state index contributed by atoms with van der Waals surface area (Å²) in [5.41, 5.74) is 3.63. The second-order valence-electron chi connectivity index (χ2n) is 9.92. The molecular weight excluding hydrogens is 484 g/mol. The Hall–Kier alpha value is -3.54. The number of pyridine rings is 1. The number of ether oxygens (including phenoxy) is 2. The molecule has 1 amide bonds. The summed E-state index contributed by atoms with van der Waals surface area (Å²) in [6.07, 6.45) is 8.48. The van der Waals surface area contributed by atoms with Crippen LogP contribution in [0.3, 0.4) is 0 Å². The number of aryl methyl sites for hydroxylation is 1. The fourth-order valence-corrected chi connectivity index (χ4v) is 5.37. The number of carbonyl (C=O) groups excluding carboxylic acids is 1. The Morgan fingerprint density at radius 3 is 2.82 bits per heavy atom. The molecule has 2 fully saturated rings. The Morgan fingerprint density at radius 2 is 2.05 bits per heavy atom. The molecule has 0 spiro atoms. The van der Waals surface area contributed by atoms with Gasteiger partial charge in [-0.25, -0.2) is 9.97 Å². The first-order valence-electron chi connectivity index (χ1n) is 13.3. The molecule has 38 heavy (non-hydrogen) atoms. The summed E-state index contributed by atoms with van der Waals surface area (Å²) in [7, 11) is 3.51. The predicted molar refractivity (Wildman–Crippen MR) is 144 cm³/mol. The quantitative estimate of drug-likeness (QED) is 0.348. The maximum absolute atomic E-state index is 13.1. The van der Waals surface area contributed by atoms with Crippen LogP contribution >= 0.6 is 0 Å². The van der Waals surface area contributed by atoms with Crippen molar-refractivity contribution in [1.29, 1.82) is 0 Å². The van der Waals surface area contributed by atoms with E-state index in [0.29, 0.717) is 11.2 Å². The highest BCUT2D eigenvalue weighted by molar-refractivity contribution is 6.00. The fraction of sp³-hybridized carbons (Fsp3) is 0.481. The smallest absolute Gasteiger partial charge is 0.257 e. The lowest BCUT2D eigenvalue weighted by atomic mass is 9.89. The van der Waals surface area contributed by atoms with Crippen molar-refractivity contribution < 1.29 is 14.3 Å². The highest BCUT2D eigenvalue weighted by Crippen LogP contribution is 2.34. The van der Waals surface area contributed by atoms with Crippen molar-refractivity contribution in [2.24, 2.45) is 0 Å². The van der Waals surface area contributed by atoms with Crippen LogP contribution in [0.2, 0.25) is 0 Å². The molecule has 5 heterocycles. The second kappa shape index (κ2) is 10.7. The molecule has 3 aliphatic heterocycles. The zero-order valence-corrected chi connectivity index (χ0v) is 21.9. The summed E-state index contributed by atoms with van der Waals surface area (Å²) in [6, 6.07) is 6.09. The first-order valence-corrected chi connectivity index (χ1v) is 13.3. The average Bonchev–Trinajstić information content (AvgIpc) is 3.56. The second-order valence-corrected chi connectivity index (χ2v) is 9.92. The van der Waals surface area contributed by atoms with E-state index >= 15 is 0 Å². The Labute approximate surface area is 221 Å². The number of nitrogens with zero attached hydrogens (tertiary/aromatic N) is 6. The van der Waals surface area contributed by atoms with Crippen molar-refractivity contribution in [3.8, 4) is 22.6 Å². The molecule has 11 nitrogen and oxygen atoms in total. The molecule has 0 radical (unpaired) electrons. The van der Waals surface area contributed by atoms with Gasteiger partial charge in [0.2, 0.25) is 0 Å². The third-order valence-corrected chi connectivity index (χ3v) is 7.70. The lowest BCUT2D eigenvalue weighted by molar-refractivity contribution is 0.00732. The number of aromatic nitrogens is 5. The molecule has 4 aliphatic rings. The molecule has 2 N–H and O–H groups in total. The minimum atomic E-state index is -0.193. The molecular formula is C27H34N8O3. The summed E-state index contributed by atoms with van der Waals surface area (Å²) in [5.74, 6) is 1.48. The van der Waals surface area contributed by atoms with Crippen LogP contribution in [-0.2, 0) is 16.0 Å². The Kier molecular flexibility index (Phi) is 6.96. The van der Waals surface area contributed by atoms with Crippen molar-refractivity contribution in [2.75, 3.05) is 52.3 Å². The number of morpholine rings is 1. The van der Waals surface area contributed by atoms with Gasteiger partial charge in [0.25, 0.3) is 5.91 Å². The Morgan fingerprint density at radius 1 is 1.18 bits per heavy atom. The molecule has 0 unspecified atom stereocenters. The largest absolute Gasteiger partial charge is 0.379 e. The molecule has 200 valence electrons. The van der Waals surface area contributed by atoms with Crippen LogP contribution in [0, 0.1) is 0 Å². The number of anilines is 1. The van der Waals surface area contributed by atoms with Crippen LogP contribution in [0.15, 0.2) is 36.8 Å². The van der Waals surface area contributed by atoms with Gasteiger partial charge in [-0.3, -0.25) is 9.69 Å². The average molecular weight is 519 g/mol. The van der Waals surface area contributed by atoms with Gasteiger partial charge in [-0.1, -0.05) is 0 Å². The van der Waals surface area contributed by atoms with Crippen LogP contribution in [-0.4, -0.2) is 94.1 Å². The van der Waals surface area contributed by atoms with E-state index < -0.39 is 0 Å². The standard InChI is InChI=1S/C27H34N8O3/c1-28-24-15-22(31-26-20(17-30-35(24)26)27(36)32-21-6-7-23(21)37-2)19-16-29-25-18(19)5-3-9-34(25)10-4-8-33-11-13-38-14-12-33/h3,5,9,15-17,21,23,28H,4,6-8,10-14H2,1-2H3,(H,32,36)/t21-,23-/m0/s1. The van der Waals surface area contributed by atoms with Gasteiger partial charge >= 0.3 is 0 Å².